The highest BCUT2D eigenvalue weighted by atomic mass is 35.5. The molecule has 3 rings (SSSR count). The highest BCUT2D eigenvalue weighted by Gasteiger charge is 2.02. The Labute approximate surface area is 139 Å². The van der Waals surface area contributed by atoms with E-state index < -0.39 is 0 Å². The van der Waals surface area contributed by atoms with E-state index in [1.165, 1.54) is 0 Å². The maximum Gasteiger partial charge on any atom is 0.128 e. The number of nitrogens with one attached hydrogen (secondary N) is 1. The Bertz CT molecular complexity index is 849. The maximum absolute atomic E-state index is 6.00. The van der Waals surface area contributed by atoms with Crippen LogP contribution in [0.5, 0.6) is 5.75 Å². The number of rotatable bonds is 5. The Balaban J connectivity index is 1.84. The van der Waals surface area contributed by atoms with Gasteiger partial charge in [0.1, 0.15) is 5.75 Å². The van der Waals surface area contributed by atoms with Crippen LogP contribution >= 0.6 is 11.6 Å². The molecule has 3 aromatic rings. The summed E-state index contributed by atoms with van der Waals surface area (Å²) in [5, 5.41) is 5.94. The fraction of sp³-hybridized carbons (Fsp3) is 0.111. The number of aromatic nitrogens is 1. The van der Waals surface area contributed by atoms with E-state index in [1.54, 1.807) is 12.4 Å². The molecule has 5 heteroatoms. The van der Waals surface area contributed by atoms with Gasteiger partial charge in [-0.2, -0.15) is 5.10 Å². The van der Waals surface area contributed by atoms with Crippen LogP contribution < -0.4 is 10.2 Å². The first-order valence-electron chi connectivity index (χ1n) is 7.33. The van der Waals surface area contributed by atoms with Crippen molar-refractivity contribution in [1.82, 2.24) is 4.98 Å². The lowest BCUT2D eigenvalue weighted by atomic mass is 10.2. The summed E-state index contributed by atoms with van der Waals surface area (Å²) in [6.45, 7) is 2.58. The fourth-order valence-corrected chi connectivity index (χ4v) is 2.43. The Kier molecular flexibility index (Phi) is 4.74. The van der Waals surface area contributed by atoms with E-state index in [0.717, 1.165) is 27.9 Å². The van der Waals surface area contributed by atoms with Gasteiger partial charge in [-0.05, 0) is 43.3 Å². The second kappa shape index (κ2) is 7.11. The van der Waals surface area contributed by atoms with Gasteiger partial charge in [0, 0.05) is 22.2 Å². The molecule has 0 aliphatic rings. The Morgan fingerprint density at radius 3 is 2.96 bits per heavy atom. The van der Waals surface area contributed by atoms with Crippen molar-refractivity contribution in [3.05, 3.63) is 65.3 Å². The summed E-state index contributed by atoms with van der Waals surface area (Å²) in [6.07, 6.45) is 3.47. The first kappa shape index (κ1) is 15.3. The predicted octanol–water partition coefficient (Wildman–Crippen LogP) is 4.73. The number of hydrogen-bond donors (Lipinski definition) is 1. The van der Waals surface area contributed by atoms with Gasteiger partial charge in [0.25, 0.3) is 0 Å². The van der Waals surface area contributed by atoms with Crippen LogP contribution in [0.1, 0.15) is 12.5 Å². The number of hydrazone groups is 1. The molecular weight excluding hydrogens is 310 g/mol. The zero-order valence-corrected chi connectivity index (χ0v) is 13.4. The standard InChI is InChI=1S/C18H16ClN3O/c1-2-23-18-6-4-3-5-13(18)12-21-22-16-9-10-20-17-11-14(19)7-8-15(16)17/h3-12H,2H2,1H3,(H,20,22)/b21-12-. The summed E-state index contributed by atoms with van der Waals surface area (Å²) in [7, 11) is 0. The molecular formula is C18H16ClN3O. The second-order valence-electron chi connectivity index (χ2n) is 4.86. The van der Waals surface area contributed by atoms with Crippen LogP contribution in [0.3, 0.4) is 0 Å². The minimum Gasteiger partial charge on any atom is -0.493 e. The molecule has 0 fully saturated rings. The van der Waals surface area contributed by atoms with E-state index in [1.807, 2.05) is 55.5 Å². The molecule has 0 saturated heterocycles. The van der Waals surface area contributed by atoms with Crippen LogP contribution in [0.25, 0.3) is 10.9 Å². The molecule has 0 atom stereocenters. The predicted molar refractivity (Wildman–Crippen MR) is 95.6 cm³/mol. The largest absolute Gasteiger partial charge is 0.493 e. The summed E-state index contributed by atoms with van der Waals surface area (Å²) in [5.74, 6) is 0.812. The number of para-hydroxylation sites is 1. The third-order valence-electron chi connectivity index (χ3n) is 3.31. The smallest absolute Gasteiger partial charge is 0.128 e. The summed E-state index contributed by atoms with van der Waals surface area (Å²) in [5.41, 5.74) is 5.67. The van der Waals surface area contributed by atoms with Gasteiger partial charge in [-0.1, -0.05) is 23.7 Å². The Morgan fingerprint density at radius 2 is 2.09 bits per heavy atom. The number of fused-ring (bicyclic) bond motifs is 1. The number of anilines is 1. The molecule has 4 nitrogen and oxygen atoms in total. The van der Waals surface area contributed by atoms with Crippen LogP contribution in [-0.2, 0) is 0 Å². The maximum atomic E-state index is 6.00. The fourth-order valence-electron chi connectivity index (χ4n) is 2.26. The zero-order valence-electron chi connectivity index (χ0n) is 12.7. The van der Waals surface area contributed by atoms with Gasteiger partial charge in [-0.3, -0.25) is 10.4 Å². The molecule has 0 radical (unpaired) electrons. The van der Waals surface area contributed by atoms with Crippen molar-refractivity contribution in [3.8, 4) is 5.75 Å². The van der Waals surface area contributed by atoms with Crippen molar-refractivity contribution in [2.24, 2.45) is 5.10 Å². The first-order chi connectivity index (χ1) is 11.3. The zero-order chi connectivity index (χ0) is 16.1. The lowest BCUT2D eigenvalue weighted by Gasteiger charge is -2.07. The van der Waals surface area contributed by atoms with Crippen molar-refractivity contribution in [1.29, 1.82) is 0 Å². The van der Waals surface area contributed by atoms with Crippen LogP contribution in [0, 0.1) is 0 Å². The molecule has 23 heavy (non-hydrogen) atoms. The number of ether oxygens (including phenoxy) is 1. The van der Waals surface area contributed by atoms with E-state index in [0.29, 0.717) is 11.6 Å². The lowest BCUT2D eigenvalue weighted by Crippen LogP contribution is -1.97. The van der Waals surface area contributed by atoms with Gasteiger partial charge in [0.05, 0.1) is 24.0 Å². The third kappa shape index (κ3) is 3.60. The average molecular weight is 326 g/mol. The number of hydrogen-bond acceptors (Lipinski definition) is 4. The topological polar surface area (TPSA) is 46.5 Å². The average Bonchev–Trinajstić information content (AvgIpc) is 2.56. The van der Waals surface area contributed by atoms with Crippen molar-refractivity contribution in [2.45, 2.75) is 6.92 Å². The van der Waals surface area contributed by atoms with Gasteiger partial charge in [0.15, 0.2) is 0 Å². The minimum absolute atomic E-state index is 0.619. The van der Waals surface area contributed by atoms with Crippen molar-refractivity contribution in [3.63, 3.8) is 0 Å². The highest BCUT2D eigenvalue weighted by Crippen LogP contribution is 2.24. The molecule has 0 aliphatic heterocycles. The molecule has 0 bridgehead atoms. The summed E-state index contributed by atoms with van der Waals surface area (Å²) in [4.78, 5) is 4.31. The molecule has 0 amide bonds. The number of nitrogens with zero attached hydrogens (tertiary/aromatic N) is 2. The summed E-state index contributed by atoms with van der Waals surface area (Å²) >= 11 is 6.00. The van der Waals surface area contributed by atoms with Crippen LogP contribution in [0.4, 0.5) is 5.69 Å². The molecule has 0 unspecified atom stereocenters. The number of benzene rings is 2. The van der Waals surface area contributed by atoms with E-state index in [9.17, 15) is 0 Å². The van der Waals surface area contributed by atoms with Gasteiger partial charge < -0.3 is 4.74 Å². The van der Waals surface area contributed by atoms with Crippen LogP contribution in [0.2, 0.25) is 5.02 Å². The van der Waals surface area contributed by atoms with Crippen molar-refractivity contribution < 1.29 is 4.74 Å². The second-order valence-corrected chi connectivity index (χ2v) is 5.30. The van der Waals surface area contributed by atoms with Gasteiger partial charge in [-0.25, -0.2) is 0 Å². The lowest BCUT2D eigenvalue weighted by molar-refractivity contribution is 0.340. The van der Waals surface area contributed by atoms with E-state index in [2.05, 4.69) is 15.5 Å². The van der Waals surface area contributed by atoms with E-state index >= 15 is 0 Å². The summed E-state index contributed by atoms with van der Waals surface area (Å²) < 4.78 is 5.58. The normalized spacial score (nSPS) is 11.0. The van der Waals surface area contributed by atoms with Crippen LogP contribution in [0.15, 0.2) is 59.8 Å². The molecule has 0 saturated carbocycles. The van der Waals surface area contributed by atoms with Gasteiger partial charge >= 0.3 is 0 Å². The third-order valence-corrected chi connectivity index (χ3v) is 3.55. The van der Waals surface area contributed by atoms with Gasteiger partial charge in [-0.15, -0.1) is 0 Å². The molecule has 2 aromatic carbocycles. The molecule has 1 aromatic heterocycles. The van der Waals surface area contributed by atoms with Crippen molar-refractivity contribution >= 4 is 34.4 Å². The Morgan fingerprint density at radius 1 is 1.22 bits per heavy atom. The van der Waals surface area contributed by atoms with E-state index in [4.69, 9.17) is 16.3 Å². The summed E-state index contributed by atoms with van der Waals surface area (Å²) in [6, 6.07) is 15.2. The molecule has 116 valence electrons. The highest BCUT2D eigenvalue weighted by molar-refractivity contribution is 6.31. The minimum atomic E-state index is 0.619. The van der Waals surface area contributed by atoms with Crippen molar-refractivity contribution in [2.75, 3.05) is 12.0 Å². The molecule has 0 spiro atoms. The quantitative estimate of drug-likeness (QED) is 0.544. The van der Waals surface area contributed by atoms with E-state index in [-0.39, 0.29) is 0 Å². The molecule has 0 aliphatic carbocycles. The van der Waals surface area contributed by atoms with Crippen LogP contribution in [-0.4, -0.2) is 17.8 Å². The SMILES string of the molecule is CCOc1ccccc1/C=N\Nc1ccnc2cc(Cl)ccc12. The first-order valence-corrected chi connectivity index (χ1v) is 7.71. The van der Waals surface area contributed by atoms with Gasteiger partial charge in [0.2, 0.25) is 0 Å². The monoisotopic (exact) mass is 325 g/mol. The Hall–Kier alpha value is -2.59. The molecule has 1 heterocycles. The number of halogens is 1. The molecule has 1 N–H and O–H groups in total. The number of pyridine rings is 1.